The molecule has 10 nitrogen and oxygen atoms in total. The first-order valence-electron chi connectivity index (χ1n) is 11.6. The van der Waals surface area contributed by atoms with E-state index in [2.05, 4.69) is 20.6 Å². The van der Waals surface area contributed by atoms with E-state index < -0.39 is 17.9 Å². The van der Waals surface area contributed by atoms with E-state index in [-0.39, 0.29) is 24.2 Å². The summed E-state index contributed by atoms with van der Waals surface area (Å²) in [4.78, 5) is 59.5. The second-order valence-electron chi connectivity index (χ2n) is 8.56. The molecule has 1 atom stereocenters. The average Bonchev–Trinajstić information content (AvgIpc) is 2.86. The van der Waals surface area contributed by atoms with Crippen LogP contribution in [0.2, 0.25) is 0 Å². The first-order chi connectivity index (χ1) is 16.8. The molecule has 1 aliphatic heterocycles. The highest BCUT2D eigenvalue weighted by molar-refractivity contribution is 5.95. The van der Waals surface area contributed by atoms with E-state index in [1.54, 1.807) is 23.4 Å². The fraction of sp³-hybridized carbons (Fsp3) is 0.440. The minimum absolute atomic E-state index is 0.0184. The molecule has 2 aromatic heterocycles. The SMILES string of the molecule is COC(=O)C(CC(=O)N1CCC(c2nc(C)ccc2C(=O)NCc2cccnc2)CC1)NC(C)=O. The number of pyridine rings is 2. The third kappa shape index (κ3) is 7.08. The maximum absolute atomic E-state index is 13.0. The van der Waals surface area contributed by atoms with Gasteiger partial charge in [0.05, 0.1) is 24.8 Å². The van der Waals surface area contributed by atoms with Crippen LogP contribution < -0.4 is 10.6 Å². The number of hydrogen-bond donors (Lipinski definition) is 2. The summed E-state index contributed by atoms with van der Waals surface area (Å²) in [5.41, 5.74) is 2.98. The number of aromatic nitrogens is 2. The molecule has 0 aromatic carbocycles. The van der Waals surface area contributed by atoms with E-state index in [0.29, 0.717) is 38.0 Å². The van der Waals surface area contributed by atoms with Gasteiger partial charge in [-0.25, -0.2) is 4.79 Å². The summed E-state index contributed by atoms with van der Waals surface area (Å²) >= 11 is 0. The number of methoxy groups -OCH3 is 1. The van der Waals surface area contributed by atoms with Crippen LogP contribution in [0.3, 0.4) is 0 Å². The summed E-state index contributed by atoms with van der Waals surface area (Å²) in [6, 6.07) is 6.30. The predicted octanol–water partition coefficient (Wildman–Crippen LogP) is 1.49. The number of aryl methyl sites for hydroxylation is 1. The molecule has 1 aliphatic rings. The van der Waals surface area contributed by atoms with Crippen molar-refractivity contribution in [3.8, 4) is 0 Å². The Labute approximate surface area is 204 Å². The van der Waals surface area contributed by atoms with Gasteiger partial charge in [0, 0.05) is 50.6 Å². The topological polar surface area (TPSA) is 131 Å². The van der Waals surface area contributed by atoms with Gasteiger partial charge in [-0.3, -0.25) is 24.4 Å². The van der Waals surface area contributed by atoms with Crippen LogP contribution in [0.1, 0.15) is 59.4 Å². The van der Waals surface area contributed by atoms with Crippen molar-refractivity contribution in [2.24, 2.45) is 0 Å². The third-order valence-electron chi connectivity index (χ3n) is 5.96. The van der Waals surface area contributed by atoms with Crippen LogP contribution in [0, 0.1) is 6.92 Å². The highest BCUT2D eigenvalue weighted by Crippen LogP contribution is 2.30. The van der Waals surface area contributed by atoms with Gasteiger partial charge in [0.15, 0.2) is 0 Å². The molecule has 3 amide bonds. The second kappa shape index (κ2) is 12.0. The molecular formula is C25H31N5O5. The molecule has 3 heterocycles. The van der Waals surface area contributed by atoms with Gasteiger partial charge in [0.2, 0.25) is 11.8 Å². The number of nitrogens with one attached hydrogen (secondary N) is 2. The number of likely N-dealkylation sites (tertiary alicyclic amines) is 1. The van der Waals surface area contributed by atoms with Gasteiger partial charge < -0.3 is 20.3 Å². The Kier molecular flexibility index (Phi) is 8.88. The Morgan fingerprint density at radius 2 is 1.91 bits per heavy atom. The van der Waals surface area contributed by atoms with Gasteiger partial charge in [-0.2, -0.15) is 0 Å². The van der Waals surface area contributed by atoms with Crippen molar-refractivity contribution in [3.05, 3.63) is 59.2 Å². The van der Waals surface area contributed by atoms with Gasteiger partial charge in [-0.15, -0.1) is 0 Å². The van der Waals surface area contributed by atoms with E-state index in [0.717, 1.165) is 17.0 Å². The van der Waals surface area contributed by atoms with Crippen molar-refractivity contribution in [2.75, 3.05) is 20.2 Å². The van der Waals surface area contributed by atoms with Crippen LogP contribution in [0.4, 0.5) is 0 Å². The summed E-state index contributed by atoms with van der Waals surface area (Å²) in [7, 11) is 1.21. The number of nitrogens with zero attached hydrogens (tertiary/aromatic N) is 3. The van der Waals surface area contributed by atoms with Gasteiger partial charge in [-0.1, -0.05) is 6.07 Å². The molecular weight excluding hydrogens is 450 g/mol. The van der Waals surface area contributed by atoms with Crippen LogP contribution in [-0.2, 0) is 25.7 Å². The standard InChI is InChI=1S/C25H31N5O5/c1-16-6-7-20(24(33)27-15-18-5-4-10-26-14-18)23(28-16)19-8-11-30(12-9-19)22(32)13-21(25(34)35-3)29-17(2)31/h4-7,10,14,19,21H,8-9,11-13,15H2,1-3H3,(H,27,33)(H,29,31). The lowest BCUT2D eigenvalue weighted by molar-refractivity contribution is -0.148. The van der Waals surface area contributed by atoms with Crippen LogP contribution in [0.5, 0.6) is 0 Å². The van der Waals surface area contributed by atoms with Crippen molar-refractivity contribution in [3.63, 3.8) is 0 Å². The molecule has 2 aromatic rings. The minimum atomic E-state index is -1.02. The lowest BCUT2D eigenvalue weighted by atomic mass is 9.89. The number of amides is 3. The Morgan fingerprint density at radius 3 is 2.54 bits per heavy atom. The maximum atomic E-state index is 13.0. The highest BCUT2D eigenvalue weighted by Gasteiger charge is 2.31. The van der Waals surface area contributed by atoms with E-state index in [1.807, 2.05) is 25.1 Å². The van der Waals surface area contributed by atoms with Crippen LogP contribution in [-0.4, -0.2) is 64.8 Å². The van der Waals surface area contributed by atoms with Gasteiger partial charge in [-0.05, 0) is 43.5 Å². The second-order valence-corrected chi connectivity index (χ2v) is 8.56. The van der Waals surface area contributed by atoms with Crippen molar-refractivity contribution in [1.29, 1.82) is 0 Å². The number of carbonyl (C=O) groups excluding carboxylic acids is 4. The molecule has 10 heteroatoms. The van der Waals surface area contributed by atoms with Crippen LogP contribution in [0.15, 0.2) is 36.7 Å². The molecule has 2 N–H and O–H groups in total. The maximum Gasteiger partial charge on any atom is 0.328 e. The first-order valence-corrected chi connectivity index (χ1v) is 11.6. The smallest absolute Gasteiger partial charge is 0.328 e. The van der Waals surface area contributed by atoms with Gasteiger partial charge in [0.25, 0.3) is 5.91 Å². The first kappa shape index (κ1) is 25.8. The highest BCUT2D eigenvalue weighted by atomic mass is 16.5. The fourth-order valence-corrected chi connectivity index (χ4v) is 4.15. The van der Waals surface area contributed by atoms with Crippen LogP contribution in [0.25, 0.3) is 0 Å². The largest absolute Gasteiger partial charge is 0.467 e. The number of piperidine rings is 1. The fourth-order valence-electron chi connectivity index (χ4n) is 4.15. The summed E-state index contributed by atoms with van der Waals surface area (Å²) in [6.45, 7) is 4.45. The summed E-state index contributed by atoms with van der Waals surface area (Å²) in [5, 5.41) is 5.40. The molecule has 0 bridgehead atoms. The normalized spacial score (nSPS) is 14.7. The monoisotopic (exact) mass is 481 g/mol. The predicted molar refractivity (Wildman–Crippen MR) is 127 cm³/mol. The van der Waals surface area contributed by atoms with Gasteiger partial charge >= 0.3 is 5.97 Å². The minimum Gasteiger partial charge on any atom is -0.467 e. The van der Waals surface area contributed by atoms with E-state index in [9.17, 15) is 19.2 Å². The summed E-state index contributed by atoms with van der Waals surface area (Å²) in [5.74, 6) is -1.49. The molecule has 186 valence electrons. The number of ether oxygens (including phenoxy) is 1. The molecule has 0 spiro atoms. The zero-order valence-electron chi connectivity index (χ0n) is 20.2. The van der Waals surface area contributed by atoms with Gasteiger partial charge in [0.1, 0.15) is 6.04 Å². The molecule has 35 heavy (non-hydrogen) atoms. The number of esters is 1. The van der Waals surface area contributed by atoms with Crippen molar-refractivity contribution >= 4 is 23.7 Å². The summed E-state index contributed by atoms with van der Waals surface area (Å²) < 4.78 is 4.70. The third-order valence-corrected chi connectivity index (χ3v) is 5.96. The van der Waals surface area contributed by atoms with E-state index in [4.69, 9.17) is 4.74 Å². The van der Waals surface area contributed by atoms with E-state index >= 15 is 0 Å². The van der Waals surface area contributed by atoms with Crippen molar-refractivity contribution in [1.82, 2.24) is 25.5 Å². The molecule has 1 unspecified atom stereocenters. The van der Waals surface area contributed by atoms with Crippen LogP contribution >= 0.6 is 0 Å². The molecule has 1 saturated heterocycles. The Balaban J connectivity index is 1.64. The molecule has 0 saturated carbocycles. The van der Waals surface area contributed by atoms with Crippen molar-refractivity contribution in [2.45, 2.75) is 51.6 Å². The number of hydrogen-bond acceptors (Lipinski definition) is 7. The Morgan fingerprint density at radius 1 is 1.17 bits per heavy atom. The lowest BCUT2D eigenvalue weighted by Crippen LogP contribution is -2.46. The van der Waals surface area contributed by atoms with Crippen molar-refractivity contribution < 1.29 is 23.9 Å². The number of rotatable bonds is 8. The Bertz CT molecular complexity index is 1070. The molecule has 0 aliphatic carbocycles. The molecule has 3 rings (SSSR count). The molecule has 0 radical (unpaired) electrons. The lowest BCUT2D eigenvalue weighted by Gasteiger charge is -2.33. The average molecular weight is 482 g/mol. The molecule has 1 fully saturated rings. The zero-order valence-corrected chi connectivity index (χ0v) is 20.2. The number of carbonyl (C=O) groups is 4. The Hall–Kier alpha value is -3.82. The van der Waals surface area contributed by atoms with E-state index in [1.165, 1.54) is 14.0 Å². The summed E-state index contributed by atoms with van der Waals surface area (Å²) in [6.07, 6.45) is 4.49. The zero-order chi connectivity index (χ0) is 25.4. The quantitative estimate of drug-likeness (QED) is 0.546.